The maximum atomic E-state index is 12.5. The van der Waals surface area contributed by atoms with Gasteiger partial charge >= 0.3 is 0 Å². The van der Waals surface area contributed by atoms with Gasteiger partial charge in [-0.15, -0.1) is 0 Å². The number of nitrogens with two attached hydrogens (primary N) is 1. The van der Waals surface area contributed by atoms with Crippen molar-refractivity contribution in [1.29, 1.82) is 0 Å². The summed E-state index contributed by atoms with van der Waals surface area (Å²) in [6.45, 7) is 0.518. The van der Waals surface area contributed by atoms with Crippen molar-refractivity contribution in [3.63, 3.8) is 0 Å². The summed E-state index contributed by atoms with van der Waals surface area (Å²) < 4.78 is 12.5. The average molecular weight is 180 g/mol. The van der Waals surface area contributed by atoms with Crippen LogP contribution in [0.3, 0.4) is 0 Å². The normalized spacial score (nSPS) is 21.5. The third-order valence-electron chi connectivity index (χ3n) is 2.10. The highest BCUT2D eigenvalue weighted by molar-refractivity contribution is 6.03. The SMILES string of the molecule is NC1CN(c2ccc(F)cc2)C1=O. The number of rotatable bonds is 1. The minimum atomic E-state index is -0.384. The molecular formula is C9H9FN2O. The summed E-state index contributed by atoms with van der Waals surface area (Å²) in [5, 5.41) is 0. The van der Waals surface area contributed by atoms with Crippen LogP contribution in [0.25, 0.3) is 0 Å². The van der Waals surface area contributed by atoms with E-state index >= 15 is 0 Å². The van der Waals surface area contributed by atoms with E-state index < -0.39 is 0 Å². The van der Waals surface area contributed by atoms with Crippen LogP contribution < -0.4 is 10.6 Å². The molecule has 2 rings (SSSR count). The van der Waals surface area contributed by atoms with E-state index in [9.17, 15) is 9.18 Å². The number of halogens is 1. The lowest BCUT2D eigenvalue weighted by molar-refractivity contribution is -0.123. The number of amides is 1. The molecule has 0 bridgehead atoms. The molecule has 1 aliphatic heterocycles. The first-order valence-electron chi connectivity index (χ1n) is 4.01. The van der Waals surface area contributed by atoms with Crippen molar-refractivity contribution in [3.05, 3.63) is 30.1 Å². The van der Waals surface area contributed by atoms with Crippen LogP contribution in [-0.2, 0) is 4.79 Å². The molecule has 1 aromatic carbocycles. The molecule has 3 nitrogen and oxygen atoms in total. The summed E-state index contributed by atoms with van der Waals surface area (Å²) in [5.41, 5.74) is 6.12. The fraction of sp³-hybridized carbons (Fsp3) is 0.222. The lowest BCUT2D eigenvalue weighted by Gasteiger charge is -2.36. The third-order valence-corrected chi connectivity index (χ3v) is 2.10. The Hall–Kier alpha value is -1.42. The lowest BCUT2D eigenvalue weighted by Crippen LogP contribution is -2.61. The fourth-order valence-corrected chi connectivity index (χ4v) is 1.31. The Bertz CT molecular complexity index is 336. The van der Waals surface area contributed by atoms with Crippen LogP contribution in [0.5, 0.6) is 0 Å². The van der Waals surface area contributed by atoms with E-state index in [0.29, 0.717) is 12.2 Å². The Kier molecular flexibility index (Phi) is 1.77. The third kappa shape index (κ3) is 1.29. The average Bonchev–Trinajstić information content (AvgIpc) is 2.15. The zero-order valence-electron chi connectivity index (χ0n) is 6.90. The van der Waals surface area contributed by atoms with Crippen LogP contribution >= 0.6 is 0 Å². The fourth-order valence-electron chi connectivity index (χ4n) is 1.31. The molecule has 1 amide bonds. The van der Waals surface area contributed by atoms with Crippen LogP contribution in [0.4, 0.5) is 10.1 Å². The van der Waals surface area contributed by atoms with E-state index in [-0.39, 0.29) is 17.8 Å². The number of anilines is 1. The standard InChI is InChI=1S/C9H9FN2O/c10-6-1-3-7(4-2-6)12-5-8(11)9(12)13/h1-4,8H,5,11H2. The maximum absolute atomic E-state index is 12.5. The van der Waals surface area contributed by atoms with Gasteiger partial charge in [-0.25, -0.2) is 4.39 Å². The first-order valence-corrected chi connectivity index (χ1v) is 4.01. The Balaban J connectivity index is 2.19. The highest BCUT2D eigenvalue weighted by Gasteiger charge is 2.34. The summed E-state index contributed by atoms with van der Waals surface area (Å²) in [6, 6.07) is 5.40. The molecule has 1 aliphatic rings. The number of carbonyl (C=O) groups excluding carboxylic acids is 1. The lowest BCUT2D eigenvalue weighted by atomic mass is 10.1. The second-order valence-corrected chi connectivity index (χ2v) is 3.03. The molecule has 2 N–H and O–H groups in total. The van der Waals surface area contributed by atoms with Gasteiger partial charge in [-0.3, -0.25) is 4.79 Å². The van der Waals surface area contributed by atoms with Crippen molar-refractivity contribution in [1.82, 2.24) is 0 Å². The van der Waals surface area contributed by atoms with Crippen molar-refractivity contribution in [2.24, 2.45) is 5.73 Å². The molecule has 13 heavy (non-hydrogen) atoms. The van der Waals surface area contributed by atoms with E-state index in [1.54, 1.807) is 12.1 Å². The topological polar surface area (TPSA) is 46.3 Å². The molecule has 1 fully saturated rings. The predicted molar refractivity (Wildman–Crippen MR) is 46.7 cm³/mol. The number of β-lactam (4-membered cyclic amide) rings is 1. The molecule has 1 aromatic rings. The highest BCUT2D eigenvalue weighted by Crippen LogP contribution is 2.20. The van der Waals surface area contributed by atoms with Crippen molar-refractivity contribution in [3.8, 4) is 0 Å². The van der Waals surface area contributed by atoms with Gasteiger partial charge in [-0.05, 0) is 24.3 Å². The van der Waals surface area contributed by atoms with Crippen molar-refractivity contribution in [2.75, 3.05) is 11.4 Å². The van der Waals surface area contributed by atoms with Crippen LogP contribution in [0.1, 0.15) is 0 Å². The number of hydrogen-bond donors (Lipinski definition) is 1. The zero-order chi connectivity index (χ0) is 9.42. The van der Waals surface area contributed by atoms with E-state index in [0.717, 1.165) is 0 Å². The molecule has 0 aliphatic carbocycles. The molecule has 1 heterocycles. The van der Waals surface area contributed by atoms with E-state index in [4.69, 9.17) is 5.73 Å². The molecule has 0 saturated carbocycles. The molecule has 0 aromatic heterocycles. The number of benzene rings is 1. The van der Waals surface area contributed by atoms with Gasteiger partial charge in [0.15, 0.2) is 0 Å². The number of nitrogens with zero attached hydrogens (tertiary/aromatic N) is 1. The molecule has 1 saturated heterocycles. The smallest absolute Gasteiger partial charge is 0.245 e. The van der Waals surface area contributed by atoms with Crippen molar-refractivity contribution < 1.29 is 9.18 Å². The van der Waals surface area contributed by atoms with E-state index in [1.165, 1.54) is 17.0 Å². The van der Waals surface area contributed by atoms with Crippen LogP contribution in [-0.4, -0.2) is 18.5 Å². The molecule has 4 heteroatoms. The number of carbonyl (C=O) groups is 1. The summed E-state index contributed by atoms with van der Waals surface area (Å²) in [4.78, 5) is 12.7. The summed E-state index contributed by atoms with van der Waals surface area (Å²) in [6.07, 6.45) is 0. The van der Waals surface area contributed by atoms with Gasteiger partial charge in [0, 0.05) is 5.69 Å². The molecule has 68 valence electrons. The minimum absolute atomic E-state index is 0.105. The molecule has 0 spiro atoms. The van der Waals surface area contributed by atoms with Gasteiger partial charge < -0.3 is 10.6 Å². The summed E-state index contributed by atoms with van der Waals surface area (Å²) in [7, 11) is 0. The van der Waals surface area contributed by atoms with Gasteiger partial charge in [0.25, 0.3) is 0 Å². The zero-order valence-corrected chi connectivity index (χ0v) is 6.90. The van der Waals surface area contributed by atoms with Gasteiger partial charge in [0.2, 0.25) is 5.91 Å². The largest absolute Gasteiger partial charge is 0.318 e. The van der Waals surface area contributed by atoms with Crippen molar-refractivity contribution >= 4 is 11.6 Å². The minimum Gasteiger partial charge on any atom is -0.318 e. The van der Waals surface area contributed by atoms with Gasteiger partial charge in [-0.2, -0.15) is 0 Å². The number of hydrogen-bond acceptors (Lipinski definition) is 2. The van der Waals surface area contributed by atoms with Crippen LogP contribution in [0, 0.1) is 5.82 Å². The Morgan fingerprint density at radius 3 is 2.46 bits per heavy atom. The van der Waals surface area contributed by atoms with E-state index in [2.05, 4.69) is 0 Å². The first-order chi connectivity index (χ1) is 6.18. The second-order valence-electron chi connectivity index (χ2n) is 3.03. The first kappa shape index (κ1) is 8.19. The quantitative estimate of drug-likeness (QED) is 0.640. The molecule has 1 atom stereocenters. The van der Waals surface area contributed by atoms with Gasteiger partial charge in [-0.1, -0.05) is 0 Å². The summed E-state index contributed by atoms with van der Waals surface area (Å²) in [5.74, 6) is -0.410. The monoisotopic (exact) mass is 180 g/mol. The van der Waals surface area contributed by atoms with E-state index in [1.807, 2.05) is 0 Å². The Morgan fingerprint density at radius 1 is 1.38 bits per heavy atom. The van der Waals surface area contributed by atoms with Gasteiger partial charge in [0.05, 0.1) is 6.54 Å². The second kappa shape index (κ2) is 2.81. The molecule has 0 radical (unpaired) electrons. The Morgan fingerprint density at radius 2 is 2.00 bits per heavy atom. The molecule has 1 unspecified atom stereocenters. The predicted octanol–water partition coefficient (Wildman–Crippen LogP) is 0.500. The summed E-state index contributed by atoms with van der Waals surface area (Å²) >= 11 is 0. The maximum Gasteiger partial charge on any atom is 0.245 e. The van der Waals surface area contributed by atoms with Crippen molar-refractivity contribution in [2.45, 2.75) is 6.04 Å². The Labute approximate surface area is 74.9 Å². The molecular weight excluding hydrogens is 171 g/mol. The van der Waals surface area contributed by atoms with Crippen LogP contribution in [0.2, 0.25) is 0 Å². The highest BCUT2D eigenvalue weighted by atomic mass is 19.1. The van der Waals surface area contributed by atoms with Crippen LogP contribution in [0.15, 0.2) is 24.3 Å². The van der Waals surface area contributed by atoms with Gasteiger partial charge in [0.1, 0.15) is 11.9 Å².